The number of hydrogen-bond acceptors (Lipinski definition) is 5. The summed E-state index contributed by atoms with van der Waals surface area (Å²) in [5.74, 6) is -0.424. The molecule has 0 saturated heterocycles. The predicted octanol–water partition coefficient (Wildman–Crippen LogP) is 5.00. The van der Waals surface area contributed by atoms with Crippen LogP contribution in [0.4, 0.5) is 5.69 Å². The van der Waals surface area contributed by atoms with Gasteiger partial charge in [0.05, 0.1) is 12.7 Å². The fourth-order valence-corrected chi connectivity index (χ4v) is 3.89. The fraction of sp³-hybridized carbons (Fsp3) is 0.185. The van der Waals surface area contributed by atoms with Gasteiger partial charge in [-0.3, -0.25) is 9.59 Å². The van der Waals surface area contributed by atoms with Crippen LogP contribution < -0.4 is 10.6 Å². The third-order valence-corrected chi connectivity index (χ3v) is 5.86. The third-order valence-electron chi connectivity index (χ3n) is 5.56. The molecule has 7 nitrogen and oxygen atoms in total. The summed E-state index contributed by atoms with van der Waals surface area (Å²) in [4.78, 5) is 26.3. The number of carbonyl (C=O) groups excluding carboxylic acids is 2. The van der Waals surface area contributed by atoms with Gasteiger partial charge in [-0.2, -0.15) is 0 Å². The largest absolute Gasteiger partial charge is 0.346 e. The van der Waals surface area contributed by atoms with Crippen molar-refractivity contribution in [1.82, 2.24) is 20.3 Å². The number of benzene rings is 3. The molecular weight excluding hydrogens is 458 g/mol. The Kier molecular flexibility index (Phi) is 7.62. The Morgan fingerprint density at radius 1 is 0.914 bits per heavy atom. The van der Waals surface area contributed by atoms with Crippen LogP contribution in [0.2, 0.25) is 0 Å². The number of rotatable bonds is 8. The molecule has 0 saturated carbocycles. The molecule has 2 N–H and O–H groups in total. The first-order valence-electron chi connectivity index (χ1n) is 11.3. The van der Waals surface area contributed by atoms with Crippen LogP contribution in [0.3, 0.4) is 0 Å². The minimum absolute atomic E-state index is 0.0255. The average Bonchev–Trinajstić information content (AvgIpc) is 3.32. The maximum absolute atomic E-state index is 13.1. The van der Waals surface area contributed by atoms with Crippen molar-refractivity contribution >= 4 is 30.1 Å². The standard InChI is InChI=1S/C27H27N5O2S/c1-18(2)25(27(34)29-22-12-8-20(9-13-22)19-6-4-3-5-7-19)32-17-23(30-31-32)16-28-26(33)21-10-14-24(35)15-11-21/h3-15,17-18,25,35H,16H2,1-2H3,(H,28,33)(H,29,34)/t25-/m0/s1. The summed E-state index contributed by atoms with van der Waals surface area (Å²) in [7, 11) is 0. The van der Waals surface area contributed by atoms with E-state index < -0.39 is 6.04 Å². The Bertz CT molecular complexity index is 1290. The Hall–Kier alpha value is -3.91. The molecule has 178 valence electrons. The van der Waals surface area contributed by atoms with Gasteiger partial charge in [0.25, 0.3) is 5.91 Å². The van der Waals surface area contributed by atoms with Crippen LogP contribution in [0.1, 0.15) is 35.9 Å². The van der Waals surface area contributed by atoms with E-state index in [0.717, 1.165) is 16.0 Å². The van der Waals surface area contributed by atoms with E-state index in [1.807, 2.05) is 68.4 Å². The summed E-state index contributed by atoms with van der Waals surface area (Å²) in [6.07, 6.45) is 1.69. The maximum atomic E-state index is 13.1. The zero-order valence-electron chi connectivity index (χ0n) is 19.6. The van der Waals surface area contributed by atoms with Crippen LogP contribution >= 0.6 is 12.6 Å². The summed E-state index contributed by atoms with van der Waals surface area (Å²) < 4.78 is 1.55. The predicted molar refractivity (Wildman–Crippen MR) is 139 cm³/mol. The molecule has 0 aliphatic carbocycles. The van der Waals surface area contributed by atoms with Gasteiger partial charge >= 0.3 is 0 Å². The van der Waals surface area contributed by atoms with Crippen molar-refractivity contribution in [2.24, 2.45) is 5.92 Å². The van der Waals surface area contributed by atoms with Crippen LogP contribution in [-0.4, -0.2) is 26.8 Å². The first-order valence-corrected chi connectivity index (χ1v) is 11.8. The second-order valence-electron chi connectivity index (χ2n) is 8.54. The highest BCUT2D eigenvalue weighted by atomic mass is 32.1. The minimum atomic E-state index is -0.552. The molecule has 4 aromatic rings. The van der Waals surface area contributed by atoms with E-state index in [4.69, 9.17) is 0 Å². The second kappa shape index (κ2) is 11.0. The van der Waals surface area contributed by atoms with Crippen molar-refractivity contribution in [3.05, 3.63) is 96.3 Å². The normalized spacial score (nSPS) is 11.8. The SMILES string of the molecule is CC(C)[C@@H](C(=O)Nc1ccc(-c2ccccc2)cc1)n1cc(CNC(=O)c2ccc(S)cc2)nn1. The highest BCUT2D eigenvalue weighted by Gasteiger charge is 2.26. The van der Waals surface area contributed by atoms with Crippen LogP contribution in [0.15, 0.2) is 90.0 Å². The molecule has 0 spiro atoms. The third kappa shape index (κ3) is 6.16. The van der Waals surface area contributed by atoms with E-state index in [-0.39, 0.29) is 24.3 Å². The molecule has 8 heteroatoms. The van der Waals surface area contributed by atoms with Crippen LogP contribution in [0.5, 0.6) is 0 Å². The van der Waals surface area contributed by atoms with E-state index in [2.05, 4.69) is 33.6 Å². The number of nitrogens with one attached hydrogen (secondary N) is 2. The average molecular weight is 486 g/mol. The summed E-state index contributed by atoms with van der Waals surface area (Å²) in [5, 5.41) is 14.1. The van der Waals surface area contributed by atoms with Gasteiger partial charge in [0, 0.05) is 16.1 Å². The molecule has 3 aromatic carbocycles. The quantitative estimate of drug-likeness (QED) is 0.307. The van der Waals surface area contributed by atoms with E-state index in [0.29, 0.717) is 16.9 Å². The molecule has 1 aromatic heterocycles. The zero-order chi connectivity index (χ0) is 24.8. The van der Waals surface area contributed by atoms with Crippen molar-refractivity contribution in [2.75, 3.05) is 5.32 Å². The van der Waals surface area contributed by atoms with Gasteiger partial charge in [-0.1, -0.05) is 61.5 Å². The Balaban J connectivity index is 1.40. The molecule has 0 fully saturated rings. The van der Waals surface area contributed by atoms with Crippen LogP contribution in [0.25, 0.3) is 11.1 Å². The van der Waals surface area contributed by atoms with Gasteiger partial charge in [0.15, 0.2) is 0 Å². The van der Waals surface area contributed by atoms with E-state index in [9.17, 15) is 9.59 Å². The number of amides is 2. The number of carbonyl (C=O) groups is 2. The van der Waals surface area contributed by atoms with Gasteiger partial charge in [-0.15, -0.1) is 17.7 Å². The molecule has 0 aliphatic heterocycles. The molecular formula is C27H27N5O2S. The smallest absolute Gasteiger partial charge is 0.251 e. The lowest BCUT2D eigenvalue weighted by molar-refractivity contribution is -0.120. The zero-order valence-corrected chi connectivity index (χ0v) is 20.4. The molecule has 4 rings (SSSR count). The number of nitrogens with zero attached hydrogens (tertiary/aromatic N) is 3. The first-order chi connectivity index (χ1) is 16.9. The minimum Gasteiger partial charge on any atom is -0.346 e. The molecule has 2 amide bonds. The topological polar surface area (TPSA) is 88.9 Å². The van der Waals surface area contributed by atoms with Crippen LogP contribution in [0, 0.1) is 5.92 Å². The molecule has 35 heavy (non-hydrogen) atoms. The number of aromatic nitrogens is 3. The van der Waals surface area contributed by atoms with Crippen molar-refractivity contribution < 1.29 is 9.59 Å². The number of anilines is 1. The number of hydrogen-bond donors (Lipinski definition) is 3. The summed E-state index contributed by atoms with van der Waals surface area (Å²) in [6, 6.07) is 24.2. The van der Waals surface area contributed by atoms with Crippen molar-refractivity contribution in [3.8, 4) is 11.1 Å². The summed E-state index contributed by atoms with van der Waals surface area (Å²) in [6.45, 7) is 4.11. The molecule has 1 heterocycles. The summed E-state index contributed by atoms with van der Waals surface area (Å²) in [5.41, 5.74) is 4.00. The van der Waals surface area contributed by atoms with Crippen molar-refractivity contribution in [1.29, 1.82) is 0 Å². The molecule has 0 unspecified atom stereocenters. The molecule has 0 bridgehead atoms. The highest BCUT2D eigenvalue weighted by molar-refractivity contribution is 7.80. The first kappa shape index (κ1) is 24.2. The van der Waals surface area contributed by atoms with Gasteiger partial charge in [-0.25, -0.2) is 4.68 Å². The highest BCUT2D eigenvalue weighted by Crippen LogP contribution is 2.23. The Labute approximate surface area is 210 Å². The monoisotopic (exact) mass is 485 g/mol. The molecule has 1 atom stereocenters. The summed E-state index contributed by atoms with van der Waals surface area (Å²) >= 11 is 4.23. The lowest BCUT2D eigenvalue weighted by Gasteiger charge is -2.20. The second-order valence-corrected chi connectivity index (χ2v) is 9.06. The molecule has 0 radical (unpaired) electrons. The lowest BCUT2D eigenvalue weighted by atomic mass is 10.0. The van der Waals surface area contributed by atoms with E-state index in [1.54, 1.807) is 35.1 Å². The van der Waals surface area contributed by atoms with Gasteiger partial charge in [-0.05, 0) is 53.4 Å². The Morgan fingerprint density at radius 2 is 1.57 bits per heavy atom. The van der Waals surface area contributed by atoms with Crippen molar-refractivity contribution in [3.63, 3.8) is 0 Å². The maximum Gasteiger partial charge on any atom is 0.251 e. The fourth-order valence-electron chi connectivity index (χ4n) is 3.74. The number of thiol groups is 1. The lowest BCUT2D eigenvalue weighted by Crippen LogP contribution is -2.30. The van der Waals surface area contributed by atoms with Gasteiger partial charge in [0.2, 0.25) is 5.91 Å². The van der Waals surface area contributed by atoms with Crippen LogP contribution in [-0.2, 0) is 11.3 Å². The molecule has 0 aliphatic rings. The van der Waals surface area contributed by atoms with Gasteiger partial charge < -0.3 is 10.6 Å². The Morgan fingerprint density at radius 3 is 2.23 bits per heavy atom. The van der Waals surface area contributed by atoms with Crippen molar-refractivity contribution in [2.45, 2.75) is 31.3 Å². The van der Waals surface area contributed by atoms with E-state index >= 15 is 0 Å². The van der Waals surface area contributed by atoms with Gasteiger partial charge in [0.1, 0.15) is 11.7 Å². The van der Waals surface area contributed by atoms with E-state index in [1.165, 1.54) is 0 Å².